The molecule has 0 spiro atoms. The lowest BCUT2D eigenvalue weighted by atomic mass is 10.00. The number of aromatic nitrogens is 1. The van der Waals surface area contributed by atoms with Crippen LogP contribution in [0.15, 0.2) is 18.3 Å². The highest BCUT2D eigenvalue weighted by atomic mass is 16.5. The van der Waals surface area contributed by atoms with Gasteiger partial charge in [-0.3, -0.25) is 15.6 Å². The minimum atomic E-state index is -0.0800. The van der Waals surface area contributed by atoms with Gasteiger partial charge in [-0.2, -0.15) is 0 Å². The van der Waals surface area contributed by atoms with E-state index < -0.39 is 0 Å². The molecule has 1 aliphatic heterocycles. The second-order valence-electron chi connectivity index (χ2n) is 4.82. The van der Waals surface area contributed by atoms with Crippen LogP contribution in [0.3, 0.4) is 0 Å². The van der Waals surface area contributed by atoms with Gasteiger partial charge in [0.2, 0.25) is 0 Å². The summed E-state index contributed by atoms with van der Waals surface area (Å²) < 4.78 is 5.32. The largest absolute Gasteiger partial charge is 0.381 e. The maximum atomic E-state index is 12.3. The van der Waals surface area contributed by atoms with E-state index in [-0.39, 0.29) is 5.91 Å². The third-order valence-corrected chi connectivity index (χ3v) is 3.37. The number of carbonyl (C=O) groups is 1. The van der Waals surface area contributed by atoms with Crippen LogP contribution in [0.4, 0.5) is 5.69 Å². The number of ether oxygens (including phenoxy) is 1. The molecule has 1 fully saturated rings. The Labute approximate surface area is 112 Å². The van der Waals surface area contributed by atoms with Crippen LogP contribution in [0.1, 0.15) is 23.3 Å². The Kier molecular flexibility index (Phi) is 4.70. The normalized spacial score (nSPS) is 16.1. The second kappa shape index (κ2) is 6.49. The van der Waals surface area contributed by atoms with Crippen LogP contribution in [0.2, 0.25) is 0 Å². The number of nitrogens with two attached hydrogens (primary N) is 1. The number of hydrogen-bond donors (Lipinski definition) is 2. The molecule has 0 atom stereocenters. The number of amides is 1. The fourth-order valence-corrected chi connectivity index (χ4v) is 2.23. The third-order valence-electron chi connectivity index (χ3n) is 3.37. The SMILES string of the molecule is CN(CC1CCOCC1)C(=O)c1cc(NN)ccn1. The van der Waals surface area contributed by atoms with Gasteiger partial charge in [0.1, 0.15) is 5.69 Å². The van der Waals surface area contributed by atoms with Gasteiger partial charge in [-0.05, 0) is 30.9 Å². The Balaban J connectivity index is 1.97. The molecule has 0 saturated carbocycles. The standard InChI is InChI=1S/C13H20N4O2/c1-17(9-10-3-6-19-7-4-10)13(18)12-8-11(16-14)2-5-15-12/h2,5,8,10H,3-4,6-7,9,14H2,1H3,(H,15,16). The van der Waals surface area contributed by atoms with Crippen LogP contribution in [0, 0.1) is 5.92 Å². The molecular weight excluding hydrogens is 244 g/mol. The molecule has 2 heterocycles. The maximum Gasteiger partial charge on any atom is 0.272 e. The lowest BCUT2D eigenvalue weighted by molar-refractivity contribution is 0.0495. The number of rotatable bonds is 4. The molecule has 104 valence electrons. The van der Waals surface area contributed by atoms with Gasteiger partial charge in [0.15, 0.2) is 0 Å². The molecule has 1 amide bonds. The fraction of sp³-hybridized carbons (Fsp3) is 0.538. The van der Waals surface area contributed by atoms with Crippen LogP contribution >= 0.6 is 0 Å². The maximum absolute atomic E-state index is 12.3. The van der Waals surface area contributed by atoms with Crippen LogP contribution in [-0.2, 0) is 4.74 Å². The molecule has 0 aromatic carbocycles. The quantitative estimate of drug-likeness (QED) is 0.623. The summed E-state index contributed by atoms with van der Waals surface area (Å²) in [6.45, 7) is 2.32. The monoisotopic (exact) mass is 264 g/mol. The molecule has 0 unspecified atom stereocenters. The number of anilines is 1. The van der Waals surface area contributed by atoms with E-state index in [4.69, 9.17) is 10.6 Å². The Bertz CT molecular complexity index is 432. The first-order valence-corrected chi connectivity index (χ1v) is 6.46. The first-order valence-electron chi connectivity index (χ1n) is 6.46. The summed E-state index contributed by atoms with van der Waals surface area (Å²) in [6.07, 6.45) is 3.59. The summed E-state index contributed by atoms with van der Waals surface area (Å²) in [5, 5.41) is 0. The zero-order chi connectivity index (χ0) is 13.7. The molecule has 1 aliphatic rings. The molecule has 0 radical (unpaired) electrons. The Morgan fingerprint density at radius 1 is 1.58 bits per heavy atom. The summed E-state index contributed by atoms with van der Waals surface area (Å²) >= 11 is 0. The topological polar surface area (TPSA) is 80.5 Å². The van der Waals surface area contributed by atoms with Crippen molar-refractivity contribution in [2.45, 2.75) is 12.8 Å². The van der Waals surface area contributed by atoms with Crippen LogP contribution in [0.5, 0.6) is 0 Å². The smallest absolute Gasteiger partial charge is 0.272 e. The van der Waals surface area contributed by atoms with Crippen LogP contribution in [0.25, 0.3) is 0 Å². The van der Waals surface area contributed by atoms with Crippen molar-refractivity contribution >= 4 is 11.6 Å². The molecule has 0 bridgehead atoms. The van der Waals surface area contributed by atoms with Crippen molar-refractivity contribution in [1.29, 1.82) is 0 Å². The predicted octanol–water partition coefficient (Wildman–Crippen LogP) is 0.866. The minimum absolute atomic E-state index is 0.0800. The third kappa shape index (κ3) is 3.65. The molecule has 0 aliphatic carbocycles. The molecule has 1 aromatic rings. The van der Waals surface area contributed by atoms with Crippen molar-refractivity contribution in [2.24, 2.45) is 11.8 Å². The average molecular weight is 264 g/mol. The number of hydrazine groups is 1. The van der Waals surface area contributed by atoms with Gasteiger partial charge in [0, 0.05) is 33.0 Å². The zero-order valence-corrected chi connectivity index (χ0v) is 11.1. The van der Waals surface area contributed by atoms with E-state index in [2.05, 4.69) is 10.4 Å². The molecule has 2 rings (SSSR count). The molecule has 19 heavy (non-hydrogen) atoms. The lowest BCUT2D eigenvalue weighted by Crippen LogP contribution is -2.34. The van der Waals surface area contributed by atoms with E-state index in [0.717, 1.165) is 32.6 Å². The molecule has 6 nitrogen and oxygen atoms in total. The van der Waals surface area contributed by atoms with E-state index in [0.29, 0.717) is 17.3 Å². The average Bonchev–Trinajstić information content (AvgIpc) is 2.47. The van der Waals surface area contributed by atoms with Crippen LogP contribution < -0.4 is 11.3 Å². The number of nitrogen functional groups attached to an aromatic ring is 1. The molecule has 3 N–H and O–H groups in total. The van der Waals surface area contributed by atoms with Crippen molar-refractivity contribution in [1.82, 2.24) is 9.88 Å². The number of pyridine rings is 1. The molecular formula is C13H20N4O2. The zero-order valence-electron chi connectivity index (χ0n) is 11.1. The van der Waals surface area contributed by atoms with Gasteiger partial charge in [-0.25, -0.2) is 0 Å². The molecule has 1 saturated heterocycles. The summed E-state index contributed by atoms with van der Waals surface area (Å²) in [5.74, 6) is 5.76. The van der Waals surface area contributed by atoms with Crippen molar-refractivity contribution in [2.75, 3.05) is 32.2 Å². The Morgan fingerprint density at radius 3 is 3.00 bits per heavy atom. The summed E-state index contributed by atoms with van der Waals surface area (Å²) in [5.41, 5.74) is 3.60. The van der Waals surface area contributed by atoms with Gasteiger partial charge < -0.3 is 15.1 Å². The van der Waals surface area contributed by atoms with Gasteiger partial charge in [0.05, 0.1) is 5.69 Å². The van der Waals surface area contributed by atoms with E-state index >= 15 is 0 Å². The minimum Gasteiger partial charge on any atom is -0.381 e. The van der Waals surface area contributed by atoms with Gasteiger partial charge in [-0.1, -0.05) is 0 Å². The summed E-state index contributed by atoms with van der Waals surface area (Å²) in [6, 6.07) is 3.37. The van der Waals surface area contributed by atoms with Gasteiger partial charge in [-0.15, -0.1) is 0 Å². The fourth-order valence-electron chi connectivity index (χ4n) is 2.23. The van der Waals surface area contributed by atoms with Gasteiger partial charge >= 0.3 is 0 Å². The number of carbonyl (C=O) groups excluding carboxylic acids is 1. The number of hydrogen-bond acceptors (Lipinski definition) is 5. The van der Waals surface area contributed by atoms with E-state index in [9.17, 15) is 4.79 Å². The van der Waals surface area contributed by atoms with Crippen molar-refractivity contribution in [3.8, 4) is 0 Å². The number of nitrogens with one attached hydrogen (secondary N) is 1. The highest BCUT2D eigenvalue weighted by molar-refractivity contribution is 5.92. The first-order chi connectivity index (χ1) is 9.20. The second-order valence-corrected chi connectivity index (χ2v) is 4.82. The van der Waals surface area contributed by atoms with E-state index in [1.165, 1.54) is 0 Å². The predicted molar refractivity (Wildman–Crippen MR) is 72.6 cm³/mol. The Hall–Kier alpha value is -1.66. The lowest BCUT2D eigenvalue weighted by Gasteiger charge is -2.27. The van der Waals surface area contributed by atoms with Crippen molar-refractivity contribution in [3.63, 3.8) is 0 Å². The van der Waals surface area contributed by atoms with Crippen molar-refractivity contribution < 1.29 is 9.53 Å². The first kappa shape index (κ1) is 13.8. The summed E-state index contributed by atoms with van der Waals surface area (Å²) in [4.78, 5) is 18.1. The summed E-state index contributed by atoms with van der Waals surface area (Å²) in [7, 11) is 1.81. The van der Waals surface area contributed by atoms with Crippen molar-refractivity contribution in [3.05, 3.63) is 24.0 Å². The molecule has 6 heteroatoms. The highest BCUT2D eigenvalue weighted by Crippen LogP contribution is 2.16. The van der Waals surface area contributed by atoms with E-state index in [1.54, 1.807) is 23.2 Å². The molecule has 1 aromatic heterocycles. The Morgan fingerprint density at radius 2 is 2.32 bits per heavy atom. The van der Waals surface area contributed by atoms with E-state index in [1.807, 2.05) is 7.05 Å². The van der Waals surface area contributed by atoms with Gasteiger partial charge in [0.25, 0.3) is 5.91 Å². The number of nitrogens with zero attached hydrogens (tertiary/aromatic N) is 2. The highest BCUT2D eigenvalue weighted by Gasteiger charge is 2.20. The van der Waals surface area contributed by atoms with Crippen LogP contribution in [-0.4, -0.2) is 42.6 Å².